The molecule has 1 saturated carbocycles. The van der Waals surface area contributed by atoms with Crippen molar-refractivity contribution >= 4 is 17.7 Å². The molecule has 3 amide bonds. The van der Waals surface area contributed by atoms with Gasteiger partial charge in [0.2, 0.25) is 17.7 Å². The maximum atomic E-state index is 12.5. The van der Waals surface area contributed by atoms with E-state index in [4.69, 9.17) is 0 Å². The summed E-state index contributed by atoms with van der Waals surface area (Å²) in [6, 6.07) is -0.427. The monoisotopic (exact) mass is 279 g/mol. The van der Waals surface area contributed by atoms with Crippen LogP contribution in [0, 0.1) is 11.8 Å². The van der Waals surface area contributed by atoms with Crippen molar-refractivity contribution in [3.63, 3.8) is 0 Å². The maximum absolute atomic E-state index is 12.5. The Morgan fingerprint density at radius 1 is 1.35 bits per heavy atom. The van der Waals surface area contributed by atoms with Crippen molar-refractivity contribution in [1.29, 1.82) is 0 Å². The predicted molar refractivity (Wildman–Crippen MR) is 71.6 cm³/mol. The number of hydrogen-bond acceptors (Lipinski definition) is 3. The van der Waals surface area contributed by atoms with Crippen molar-refractivity contribution < 1.29 is 14.4 Å². The van der Waals surface area contributed by atoms with Crippen molar-refractivity contribution in [2.24, 2.45) is 11.8 Å². The standard InChI is InChI=1S/C14H21N3O3/c1-9-13(19)15-4-5-17(9)14(20)11-6-12(18)16(8-11)7-10-2-3-10/h9-11H,2-8H2,1H3,(H,15,19). The van der Waals surface area contributed by atoms with Crippen molar-refractivity contribution in [3.05, 3.63) is 0 Å². The van der Waals surface area contributed by atoms with Crippen LogP contribution in [0.15, 0.2) is 0 Å². The van der Waals surface area contributed by atoms with Gasteiger partial charge in [-0.15, -0.1) is 0 Å². The number of piperazine rings is 1. The maximum Gasteiger partial charge on any atom is 0.242 e. The summed E-state index contributed by atoms with van der Waals surface area (Å²) in [4.78, 5) is 39.5. The van der Waals surface area contributed by atoms with E-state index in [9.17, 15) is 14.4 Å². The van der Waals surface area contributed by atoms with Gasteiger partial charge in [0.1, 0.15) is 6.04 Å². The van der Waals surface area contributed by atoms with E-state index in [0.717, 1.165) is 6.54 Å². The van der Waals surface area contributed by atoms with Crippen LogP contribution in [0.2, 0.25) is 0 Å². The van der Waals surface area contributed by atoms with Gasteiger partial charge in [0.25, 0.3) is 0 Å². The smallest absolute Gasteiger partial charge is 0.242 e. The fourth-order valence-corrected chi connectivity index (χ4v) is 3.04. The second-order valence-electron chi connectivity index (χ2n) is 6.14. The second kappa shape index (κ2) is 5.07. The molecule has 2 atom stereocenters. The third-order valence-corrected chi connectivity index (χ3v) is 4.52. The van der Waals surface area contributed by atoms with E-state index in [2.05, 4.69) is 5.32 Å². The van der Waals surface area contributed by atoms with Crippen LogP contribution in [0.1, 0.15) is 26.2 Å². The Kier molecular flexibility index (Phi) is 3.40. The summed E-state index contributed by atoms with van der Waals surface area (Å²) in [7, 11) is 0. The molecule has 0 spiro atoms. The SMILES string of the molecule is CC1C(=O)NCCN1C(=O)C1CC(=O)N(CC2CC2)C1. The van der Waals surface area contributed by atoms with Gasteiger partial charge in [-0.1, -0.05) is 0 Å². The molecule has 1 N–H and O–H groups in total. The summed E-state index contributed by atoms with van der Waals surface area (Å²) in [5.41, 5.74) is 0. The van der Waals surface area contributed by atoms with Gasteiger partial charge in [0.15, 0.2) is 0 Å². The van der Waals surface area contributed by atoms with Gasteiger partial charge in [-0.3, -0.25) is 14.4 Å². The average Bonchev–Trinajstić information content (AvgIpc) is 3.16. The van der Waals surface area contributed by atoms with E-state index < -0.39 is 6.04 Å². The fraction of sp³-hybridized carbons (Fsp3) is 0.786. The summed E-state index contributed by atoms with van der Waals surface area (Å²) in [5, 5.41) is 2.75. The lowest BCUT2D eigenvalue weighted by Crippen LogP contribution is -2.57. The van der Waals surface area contributed by atoms with Crippen LogP contribution in [0.4, 0.5) is 0 Å². The third kappa shape index (κ3) is 2.51. The zero-order valence-corrected chi connectivity index (χ0v) is 11.8. The summed E-state index contributed by atoms with van der Waals surface area (Å²) in [5.74, 6) is 0.314. The topological polar surface area (TPSA) is 69.7 Å². The largest absolute Gasteiger partial charge is 0.353 e. The van der Waals surface area contributed by atoms with Crippen molar-refractivity contribution in [1.82, 2.24) is 15.1 Å². The normalized spacial score (nSPS) is 30.6. The number of nitrogens with one attached hydrogen (secondary N) is 1. The van der Waals surface area contributed by atoms with Gasteiger partial charge in [0.05, 0.1) is 5.92 Å². The lowest BCUT2D eigenvalue weighted by atomic mass is 10.0. The van der Waals surface area contributed by atoms with Gasteiger partial charge in [-0.25, -0.2) is 0 Å². The molecule has 3 rings (SSSR count). The molecule has 1 aliphatic carbocycles. The molecule has 3 aliphatic rings. The molecule has 0 aromatic carbocycles. The lowest BCUT2D eigenvalue weighted by molar-refractivity contribution is -0.145. The average molecular weight is 279 g/mol. The molecule has 0 bridgehead atoms. The number of carbonyl (C=O) groups excluding carboxylic acids is 3. The van der Waals surface area contributed by atoms with E-state index in [1.165, 1.54) is 12.8 Å². The highest BCUT2D eigenvalue weighted by atomic mass is 16.2. The van der Waals surface area contributed by atoms with Gasteiger partial charge >= 0.3 is 0 Å². The molecule has 2 unspecified atom stereocenters. The van der Waals surface area contributed by atoms with Crippen LogP contribution in [0.25, 0.3) is 0 Å². The highest BCUT2D eigenvalue weighted by Gasteiger charge is 2.41. The lowest BCUT2D eigenvalue weighted by Gasteiger charge is -2.34. The molecular formula is C14H21N3O3. The Balaban J connectivity index is 1.62. The highest BCUT2D eigenvalue weighted by molar-refractivity contribution is 5.93. The Morgan fingerprint density at radius 2 is 2.10 bits per heavy atom. The molecule has 6 heteroatoms. The summed E-state index contributed by atoms with van der Waals surface area (Å²) >= 11 is 0. The number of hydrogen-bond donors (Lipinski definition) is 1. The van der Waals surface area contributed by atoms with E-state index in [1.807, 2.05) is 4.90 Å². The predicted octanol–water partition coefficient (Wildman–Crippen LogP) is -0.408. The van der Waals surface area contributed by atoms with Crippen LogP contribution < -0.4 is 5.32 Å². The van der Waals surface area contributed by atoms with Gasteiger partial charge in [-0.05, 0) is 25.7 Å². The Morgan fingerprint density at radius 3 is 2.80 bits per heavy atom. The van der Waals surface area contributed by atoms with Gasteiger partial charge in [0, 0.05) is 32.6 Å². The van der Waals surface area contributed by atoms with E-state index >= 15 is 0 Å². The Bertz CT molecular complexity index is 447. The third-order valence-electron chi connectivity index (χ3n) is 4.52. The van der Waals surface area contributed by atoms with Crippen LogP contribution in [-0.2, 0) is 14.4 Å². The van der Waals surface area contributed by atoms with Crippen LogP contribution in [-0.4, -0.2) is 59.7 Å². The minimum Gasteiger partial charge on any atom is -0.353 e. The van der Waals surface area contributed by atoms with E-state index in [0.29, 0.717) is 32.0 Å². The minimum atomic E-state index is -0.427. The number of likely N-dealkylation sites (tertiary alicyclic amines) is 1. The first-order valence-electron chi connectivity index (χ1n) is 7.42. The molecule has 2 aliphatic heterocycles. The minimum absolute atomic E-state index is 0.0426. The highest BCUT2D eigenvalue weighted by Crippen LogP contribution is 2.32. The van der Waals surface area contributed by atoms with E-state index in [-0.39, 0.29) is 23.6 Å². The summed E-state index contributed by atoms with van der Waals surface area (Å²) in [6.45, 7) is 4.11. The molecule has 110 valence electrons. The molecule has 6 nitrogen and oxygen atoms in total. The van der Waals surface area contributed by atoms with Crippen LogP contribution >= 0.6 is 0 Å². The summed E-state index contributed by atoms with van der Waals surface area (Å²) < 4.78 is 0. The molecule has 0 aromatic heterocycles. The molecule has 20 heavy (non-hydrogen) atoms. The van der Waals surface area contributed by atoms with Crippen molar-refractivity contribution in [3.8, 4) is 0 Å². The molecule has 2 saturated heterocycles. The number of nitrogens with zero attached hydrogens (tertiary/aromatic N) is 2. The first-order chi connectivity index (χ1) is 9.56. The molecule has 0 radical (unpaired) electrons. The fourth-order valence-electron chi connectivity index (χ4n) is 3.04. The van der Waals surface area contributed by atoms with Crippen molar-refractivity contribution in [2.45, 2.75) is 32.2 Å². The van der Waals surface area contributed by atoms with Crippen LogP contribution in [0.3, 0.4) is 0 Å². The number of amides is 3. The first-order valence-corrected chi connectivity index (χ1v) is 7.42. The quantitative estimate of drug-likeness (QED) is 0.763. The zero-order valence-electron chi connectivity index (χ0n) is 11.8. The van der Waals surface area contributed by atoms with Gasteiger partial charge in [-0.2, -0.15) is 0 Å². The van der Waals surface area contributed by atoms with Crippen molar-refractivity contribution in [2.75, 3.05) is 26.2 Å². The second-order valence-corrected chi connectivity index (χ2v) is 6.14. The van der Waals surface area contributed by atoms with Crippen LogP contribution in [0.5, 0.6) is 0 Å². The number of carbonyl (C=O) groups is 3. The van der Waals surface area contributed by atoms with E-state index in [1.54, 1.807) is 11.8 Å². The summed E-state index contributed by atoms with van der Waals surface area (Å²) in [6.07, 6.45) is 2.70. The Hall–Kier alpha value is -1.59. The molecular weight excluding hydrogens is 258 g/mol. The van der Waals surface area contributed by atoms with Gasteiger partial charge < -0.3 is 15.1 Å². The first kappa shape index (κ1) is 13.4. The molecule has 2 heterocycles. The Labute approximate surface area is 118 Å². The molecule has 0 aromatic rings. The zero-order chi connectivity index (χ0) is 14.3. The molecule has 3 fully saturated rings. The number of rotatable bonds is 3.